The van der Waals surface area contributed by atoms with Crippen molar-refractivity contribution in [3.8, 4) is 21.8 Å². The lowest BCUT2D eigenvalue weighted by Gasteiger charge is -2.06. The highest BCUT2D eigenvalue weighted by Crippen LogP contribution is 2.29. The Morgan fingerprint density at radius 3 is 2.67 bits per heavy atom. The van der Waals surface area contributed by atoms with Crippen LogP contribution in [0.3, 0.4) is 0 Å². The van der Waals surface area contributed by atoms with E-state index in [0.717, 1.165) is 40.4 Å². The van der Waals surface area contributed by atoms with Crippen LogP contribution < -0.4 is 5.32 Å². The first-order chi connectivity index (χ1) is 11.8. The molecule has 0 radical (unpaired) electrons. The van der Waals surface area contributed by atoms with Crippen molar-refractivity contribution in [3.63, 3.8) is 0 Å². The molecule has 4 heteroatoms. The third-order valence-electron chi connectivity index (χ3n) is 3.72. The number of hydrogen-bond donors (Lipinski definition) is 1. The molecule has 24 heavy (non-hydrogen) atoms. The lowest BCUT2D eigenvalue weighted by atomic mass is 10.1. The molecule has 0 unspecified atom stereocenters. The average Bonchev–Trinajstić information content (AvgIpc) is 3.11. The van der Waals surface area contributed by atoms with Gasteiger partial charge in [-0.05, 0) is 18.6 Å². The van der Waals surface area contributed by atoms with Crippen LogP contribution in [-0.2, 0) is 4.79 Å². The maximum atomic E-state index is 11.9. The van der Waals surface area contributed by atoms with Crippen molar-refractivity contribution in [3.05, 3.63) is 60.0 Å². The van der Waals surface area contributed by atoms with Crippen molar-refractivity contribution in [1.82, 2.24) is 4.98 Å². The monoisotopic (exact) mass is 336 g/mol. The van der Waals surface area contributed by atoms with Crippen LogP contribution in [0.5, 0.6) is 0 Å². The van der Waals surface area contributed by atoms with Crippen LogP contribution in [0.1, 0.15) is 26.2 Å². The Labute approximate surface area is 146 Å². The summed E-state index contributed by atoms with van der Waals surface area (Å²) in [5.74, 6) is 0.0669. The molecule has 3 nitrogen and oxygen atoms in total. The molecule has 0 spiro atoms. The molecule has 2 aromatic carbocycles. The number of amides is 1. The van der Waals surface area contributed by atoms with Crippen LogP contribution in [0.15, 0.2) is 60.0 Å². The zero-order chi connectivity index (χ0) is 16.8. The summed E-state index contributed by atoms with van der Waals surface area (Å²) in [4.78, 5) is 16.6. The van der Waals surface area contributed by atoms with Gasteiger partial charge in [0.2, 0.25) is 5.91 Å². The lowest BCUT2D eigenvalue weighted by molar-refractivity contribution is -0.116. The van der Waals surface area contributed by atoms with E-state index in [0.29, 0.717) is 6.42 Å². The van der Waals surface area contributed by atoms with Gasteiger partial charge in [0.15, 0.2) is 0 Å². The molecule has 122 valence electrons. The number of hydrogen-bond acceptors (Lipinski definition) is 3. The summed E-state index contributed by atoms with van der Waals surface area (Å²) < 4.78 is 0. The number of nitrogens with zero attached hydrogens (tertiary/aromatic N) is 1. The molecule has 0 fully saturated rings. The largest absolute Gasteiger partial charge is 0.326 e. The minimum atomic E-state index is 0.0669. The zero-order valence-electron chi connectivity index (χ0n) is 13.7. The number of unbranched alkanes of at least 4 members (excludes halogenated alkanes) is 1. The molecule has 0 atom stereocenters. The second-order valence-electron chi connectivity index (χ2n) is 5.64. The summed E-state index contributed by atoms with van der Waals surface area (Å²) in [5.41, 5.74) is 3.89. The highest BCUT2D eigenvalue weighted by Gasteiger charge is 2.08. The van der Waals surface area contributed by atoms with Gasteiger partial charge < -0.3 is 5.32 Å². The van der Waals surface area contributed by atoms with Gasteiger partial charge in [-0.3, -0.25) is 4.79 Å². The second-order valence-corrected chi connectivity index (χ2v) is 6.49. The molecule has 0 saturated carbocycles. The van der Waals surface area contributed by atoms with Crippen molar-refractivity contribution in [2.24, 2.45) is 0 Å². The highest BCUT2D eigenvalue weighted by molar-refractivity contribution is 7.13. The second kappa shape index (κ2) is 7.88. The normalized spacial score (nSPS) is 10.5. The van der Waals surface area contributed by atoms with Crippen molar-refractivity contribution >= 4 is 22.9 Å². The third kappa shape index (κ3) is 4.09. The fourth-order valence-electron chi connectivity index (χ4n) is 2.44. The predicted molar refractivity (Wildman–Crippen MR) is 101 cm³/mol. The number of benzene rings is 2. The smallest absolute Gasteiger partial charge is 0.224 e. The minimum absolute atomic E-state index is 0.0669. The molecule has 1 heterocycles. The van der Waals surface area contributed by atoms with E-state index >= 15 is 0 Å². The number of anilines is 1. The summed E-state index contributed by atoms with van der Waals surface area (Å²) in [5, 5.41) is 6.02. The fourth-order valence-corrected chi connectivity index (χ4v) is 3.27. The topological polar surface area (TPSA) is 42.0 Å². The molecule has 3 aromatic rings. The van der Waals surface area contributed by atoms with Gasteiger partial charge in [-0.2, -0.15) is 0 Å². The molecule has 0 saturated heterocycles. The lowest BCUT2D eigenvalue weighted by Crippen LogP contribution is -2.10. The minimum Gasteiger partial charge on any atom is -0.326 e. The van der Waals surface area contributed by atoms with Gasteiger partial charge in [-0.1, -0.05) is 55.8 Å². The summed E-state index contributed by atoms with van der Waals surface area (Å²) in [7, 11) is 0. The van der Waals surface area contributed by atoms with Crippen LogP contribution in [0.25, 0.3) is 21.8 Å². The van der Waals surface area contributed by atoms with Gasteiger partial charge in [0.05, 0.1) is 5.69 Å². The van der Waals surface area contributed by atoms with E-state index in [-0.39, 0.29) is 5.91 Å². The van der Waals surface area contributed by atoms with Crippen molar-refractivity contribution in [2.75, 3.05) is 5.32 Å². The number of carbonyl (C=O) groups excluding carboxylic acids is 1. The molecular weight excluding hydrogens is 316 g/mol. The number of aromatic nitrogens is 1. The Morgan fingerprint density at radius 1 is 1.08 bits per heavy atom. The Morgan fingerprint density at radius 2 is 1.88 bits per heavy atom. The Bertz CT molecular complexity index is 811. The van der Waals surface area contributed by atoms with E-state index in [1.54, 1.807) is 11.3 Å². The van der Waals surface area contributed by atoms with Gasteiger partial charge in [-0.15, -0.1) is 11.3 Å². The van der Waals surface area contributed by atoms with E-state index in [9.17, 15) is 4.79 Å². The van der Waals surface area contributed by atoms with Crippen molar-refractivity contribution < 1.29 is 4.79 Å². The van der Waals surface area contributed by atoms with E-state index in [4.69, 9.17) is 4.98 Å². The maximum Gasteiger partial charge on any atom is 0.224 e. The Balaban J connectivity index is 1.77. The SMILES string of the molecule is CCCCC(=O)Nc1cccc(-c2csc(-c3ccccc3)n2)c1. The first kappa shape index (κ1) is 16.4. The molecule has 1 amide bonds. The standard InChI is InChI=1S/C20H20N2OS/c1-2-3-12-19(23)21-17-11-7-10-16(13-17)18-14-24-20(22-18)15-8-5-4-6-9-15/h4-11,13-14H,2-3,12H2,1H3,(H,21,23). The van der Waals surface area contributed by atoms with Crippen molar-refractivity contribution in [1.29, 1.82) is 0 Å². The fraction of sp³-hybridized carbons (Fsp3) is 0.200. The molecular formula is C20H20N2OS. The third-order valence-corrected chi connectivity index (χ3v) is 4.62. The van der Waals surface area contributed by atoms with Gasteiger partial charge in [0, 0.05) is 28.6 Å². The first-order valence-electron chi connectivity index (χ1n) is 8.17. The molecule has 0 aliphatic heterocycles. The Hall–Kier alpha value is -2.46. The maximum absolute atomic E-state index is 11.9. The predicted octanol–water partition coefficient (Wildman–Crippen LogP) is 5.61. The molecule has 0 bridgehead atoms. The molecule has 0 aliphatic carbocycles. The van der Waals surface area contributed by atoms with Crippen LogP contribution in [0, 0.1) is 0 Å². The van der Waals surface area contributed by atoms with E-state index in [2.05, 4.69) is 29.8 Å². The summed E-state index contributed by atoms with van der Waals surface area (Å²) in [6, 6.07) is 18.0. The van der Waals surface area contributed by atoms with Gasteiger partial charge >= 0.3 is 0 Å². The highest BCUT2D eigenvalue weighted by atomic mass is 32.1. The summed E-state index contributed by atoms with van der Waals surface area (Å²) in [6.45, 7) is 2.08. The van der Waals surface area contributed by atoms with Gasteiger partial charge in [0.1, 0.15) is 5.01 Å². The molecule has 3 rings (SSSR count). The average molecular weight is 336 g/mol. The quantitative estimate of drug-likeness (QED) is 0.636. The first-order valence-corrected chi connectivity index (χ1v) is 9.05. The van der Waals surface area contributed by atoms with Crippen molar-refractivity contribution in [2.45, 2.75) is 26.2 Å². The summed E-state index contributed by atoms with van der Waals surface area (Å²) >= 11 is 1.63. The molecule has 0 aliphatic rings. The van der Waals surface area contributed by atoms with Crippen LogP contribution in [-0.4, -0.2) is 10.9 Å². The summed E-state index contributed by atoms with van der Waals surface area (Å²) in [6.07, 6.45) is 2.50. The molecule has 1 aromatic heterocycles. The van der Waals surface area contributed by atoms with Gasteiger partial charge in [0.25, 0.3) is 0 Å². The number of carbonyl (C=O) groups is 1. The number of rotatable bonds is 6. The van der Waals surface area contributed by atoms with E-state index in [1.807, 2.05) is 42.5 Å². The van der Waals surface area contributed by atoms with Gasteiger partial charge in [-0.25, -0.2) is 4.98 Å². The zero-order valence-corrected chi connectivity index (χ0v) is 14.5. The molecule has 1 N–H and O–H groups in total. The van der Waals surface area contributed by atoms with Crippen LogP contribution >= 0.6 is 11.3 Å². The van der Waals surface area contributed by atoms with Crippen LogP contribution in [0.2, 0.25) is 0 Å². The number of nitrogens with one attached hydrogen (secondary N) is 1. The van der Waals surface area contributed by atoms with Crippen LogP contribution in [0.4, 0.5) is 5.69 Å². The Kier molecular flexibility index (Phi) is 5.39. The number of thiazole rings is 1. The van der Waals surface area contributed by atoms with E-state index < -0.39 is 0 Å². The van der Waals surface area contributed by atoms with E-state index in [1.165, 1.54) is 0 Å².